The number of para-hydroxylation sites is 1. The second-order valence-electron chi connectivity index (χ2n) is 5.05. The third kappa shape index (κ3) is 2.80. The van der Waals surface area contributed by atoms with Gasteiger partial charge in [0.1, 0.15) is 11.3 Å². The topological polar surface area (TPSA) is 55.7 Å². The summed E-state index contributed by atoms with van der Waals surface area (Å²) in [6, 6.07) is 9.73. The van der Waals surface area contributed by atoms with E-state index in [-0.39, 0.29) is 6.10 Å². The zero-order valence-corrected chi connectivity index (χ0v) is 12.7. The molecule has 0 aliphatic heterocycles. The van der Waals surface area contributed by atoms with Crippen molar-refractivity contribution >= 4 is 23.3 Å². The lowest BCUT2D eigenvalue weighted by molar-refractivity contribution is 0.245. The predicted octanol–water partition coefficient (Wildman–Crippen LogP) is 3.32. The van der Waals surface area contributed by atoms with E-state index in [0.717, 1.165) is 22.5 Å². The Morgan fingerprint density at radius 1 is 1.29 bits per heavy atom. The maximum Gasteiger partial charge on any atom is 0.178 e. The van der Waals surface area contributed by atoms with E-state index < -0.39 is 0 Å². The van der Waals surface area contributed by atoms with Crippen LogP contribution in [0.5, 0.6) is 5.75 Å². The Morgan fingerprint density at radius 3 is 2.86 bits per heavy atom. The van der Waals surface area contributed by atoms with Crippen molar-refractivity contribution in [1.82, 2.24) is 19.7 Å². The SMILES string of the molecule is CC(C)Oc1cccc2c1[nH]c(=S)n2Cc1cccnn1. The van der Waals surface area contributed by atoms with Crippen molar-refractivity contribution in [2.45, 2.75) is 26.5 Å². The molecule has 0 aliphatic carbocycles. The van der Waals surface area contributed by atoms with Gasteiger partial charge in [-0.25, -0.2) is 0 Å². The quantitative estimate of drug-likeness (QED) is 0.751. The molecule has 21 heavy (non-hydrogen) atoms. The number of hydrogen-bond acceptors (Lipinski definition) is 4. The number of nitrogens with one attached hydrogen (secondary N) is 1. The van der Waals surface area contributed by atoms with Crippen LogP contribution in [0.4, 0.5) is 0 Å². The molecule has 0 bridgehead atoms. The lowest BCUT2D eigenvalue weighted by Gasteiger charge is -2.10. The van der Waals surface area contributed by atoms with Gasteiger partial charge in [-0.15, -0.1) is 0 Å². The van der Waals surface area contributed by atoms with Crippen LogP contribution in [0.3, 0.4) is 0 Å². The molecule has 3 aromatic rings. The van der Waals surface area contributed by atoms with Crippen LogP contribution in [0, 0.1) is 4.77 Å². The molecule has 0 amide bonds. The van der Waals surface area contributed by atoms with Crippen molar-refractivity contribution in [2.24, 2.45) is 0 Å². The van der Waals surface area contributed by atoms with Crippen molar-refractivity contribution in [3.05, 3.63) is 47.0 Å². The number of benzene rings is 1. The zero-order valence-electron chi connectivity index (χ0n) is 11.9. The Morgan fingerprint density at radius 2 is 2.14 bits per heavy atom. The molecule has 5 nitrogen and oxygen atoms in total. The first-order chi connectivity index (χ1) is 10.1. The number of aromatic nitrogens is 4. The van der Waals surface area contributed by atoms with Crippen LogP contribution in [-0.2, 0) is 6.54 Å². The molecule has 6 heteroatoms. The fourth-order valence-electron chi connectivity index (χ4n) is 2.24. The van der Waals surface area contributed by atoms with Crippen LogP contribution in [-0.4, -0.2) is 25.9 Å². The van der Waals surface area contributed by atoms with Gasteiger partial charge in [-0.1, -0.05) is 6.07 Å². The van der Waals surface area contributed by atoms with Gasteiger partial charge in [0.2, 0.25) is 0 Å². The Hall–Kier alpha value is -2.21. The number of H-pyrrole nitrogens is 1. The summed E-state index contributed by atoms with van der Waals surface area (Å²) in [5, 5.41) is 8.01. The summed E-state index contributed by atoms with van der Waals surface area (Å²) in [5.74, 6) is 0.812. The number of imidazole rings is 1. The molecule has 0 unspecified atom stereocenters. The first kappa shape index (κ1) is 13.8. The lowest BCUT2D eigenvalue weighted by Crippen LogP contribution is -2.06. The largest absolute Gasteiger partial charge is 0.489 e. The number of fused-ring (bicyclic) bond motifs is 1. The highest BCUT2D eigenvalue weighted by Gasteiger charge is 2.11. The summed E-state index contributed by atoms with van der Waals surface area (Å²) < 4.78 is 8.48. The molecular formula is C15H16N4OS. The van der Waals surface area contributed by atoms with E-state index in [2.05, 4.69) is 15.2 Å². The average Bonchev–Trinajstić information content (AvgIpc) is 2.77. The molecule has 1 aromatic carbocycles. The van der Waals surface area contributed by atoms with Crippen molar-refractivity contribution in [1.29, 1.82) is 0 Å². The summed E-state index contributed by atoms with van der Waals surface area (Å²) in [6.07, 6.45) is 1.77. The van der Waals surface area contributed by atoms with Crippen molar-refractivity contribution < 1.29 is 4.74 Å². The first-order valence-electron chi connectivity index (χ1n) is 6.80. The minimum absolute atomic E-state index is 0.112. The Labute approximate surface area is 127 Å². The maximum absolute atomic E-state index is 5.83. The first-order valence-corrected chi connectivity index (χ1v) is 7.21. The molecule has 0 aliphatic rings. The predicted molar refractivity (Wildman–Crippen MR) is 84.0 cm³/mol. The van der Waals surface area contributed by atoms with E-state index in [4.69, 9.17) is 17.0 Å². The van der Waals surface area contributed by atoms with E-state index in [0.29, 0.717) is 11.3 Å². The van der Waals surface area contributed by atoms with Gasteiger partial charge in [0, 0.05) is 6.20 Å². The van der Waals surface area contributed by atoms with Gasteiger partial charge in [-0.3, -0.25) is 0 Å². The molecule has 2 heterocycles. The molecule has 0 saturated heterocycles. The average molecular weight is 300 g/mol. The minimum atomic E-state index is 0.112. The van der Waals surface area contributed by atoms with Gasteiger partial charge in [0.25, 0.3) is 0 Å². The molecule has 3 rings (SSSR count). The van der Waals surface area contributed by atoms with Crippen LogP contribution in [0.15, 0.2) is 36.5 Å². The van der Waals surface area contributed by atoms with Crippen molar-refractivity contribution in [2.75, 3.05) is 0 Å². The summed E-state index contributed by atoms with van der Waals surface area (Å²) >= 11 is 5.43. The van der Waals surface area contributed by atoms with Gasteiger partial charge in [0.15, 0.2) is 4.77 Å². The monoisotopic (exact) mass is 300 g/mol. The fourth-order valence-corrected chi connectivity index (χ4v) is 2.51. The van der Waals surface area contributed by atoms with Crippen LogP contribution in [0.1, 0.15) is 19.5 Å². The Kier molecular flexibility index (Phi) is 3.70. The van der Waals surface area contributed by atoms with Gasteiger partial charge in [-0.2, -0.15) is 10.2 Å². The third-order valence-electron chi connectivity index (χ3n) is 3.08. The second kappa shape index (κ2) is 5.65. The summed E-state index contributed by atoms with van der Waals surface area (Å²) in [7, 11) is 0. The van der Waals surface area contributed by atoms with Crippen molar-refractivity contribution in [3.63, 3.8) is 0 Å². The summed E-state index contributed by atoms with van der Waals surface area (Å²) in [6.45, 7) is 4.59. The normalized spacial score (nSPS) is 11.2. The van der Waals surface area contributed by atoms with E-state index in [1.165, 1.54) is 0 Å². The number of aromatic amines is 1. The number of ether oxygens (including phenoxy) is 1. The third-order valence-corrected chi connectivity index (χ3v) is 3.40. The molecule has 0 saturated carbocycles. The summed E-state index contributed by atoms with van der Waals surface area (Å²) in [5.41, 5.74) is 2.79. The minimum Gasteiger partial charge on any atom is -0.489 e. The highest BCUT2D eigenvalue weighted by Crippen LogP contribution is 2.26. The standard InChI is InChI=1S/C15H16N4OS/c1-10(2)20-13-7-3-6-12-14(13)17-15(21)19(12)9-11-5-4-8-16-18-11/h3-8,10H,9H2,1-2H3,(H,17,21). The Balaban J connectivity index is 2.08. The van der Waals surface area contributed by atoms with Crippen molar-refractivity contribution in [3.8, 4) is 5.75 Å². The molecule has 1 N–H and O–H groups in total. The maximum atomic E-state index is 5.83. The molecule has 0 spiro atoms. The van der Waals surface area contributed by atoms with Gasteiger partial charge in [-0.05, 0) is 50.3 Å². The van der Waals surface area contributed by atoms with Gasteiger partial charge in [0.05, 0.1) is 23.9 Å². The van der Waals surface area contributed by atoms with Crippen LogP contribution < -0.4 is 4.74 Å². The molecular weight excluding hydrogens is 284 g/mol. The van der Waals surface area contributed by atoms with E-state index in [9.17, 15) is 0 Å². The highest BCUT2D eigenvalue weighted by molar-refractivity contribution is 7.71. The smallest absolute Gasteiger partial charge is 0.178 e. The lowest BCUT2D eigenvalue weighted by atomic mass is 10.3. The van der Waals surface area contributed by atoms with E-state index >= 15 is 0 Å². The zero-order chi connectivity index (χ0) is 14.8. The number of nitrogens with zero attached hydrogens (tertiary/aromatic N) is 3. The summed E-state index contributed by atoms with van der Waals surface area (Å²) in [4.78, 5) is 3.23. The van der Waals surface area contributed by atoms with E-state index in [1.807, 2.05) is 48.7 Å². The van der Waals surface area contributed by atoms with Gasteiger partial charge >= 0.3 is 0 Å². The molecule has 2 aromatic heterocycles. The fraction of sp³-hybridized carbons (Fsp3) is 0.267. The van der Waals surface area contributed by atoms with Crippen LogP contribution >= 0.6 is 12.2 Å². The van der Waals surface area contributed by atoms with Gasteiger partial charge < -0.3 is 14.3 Å². The Bertz CT molecular complexity index is 807. The van der Waals surface area contributed by atoms with Crippen LogP contribution in [0.2, 0.25) is 0 Å². The molecule has 0 fully saturated rings. The molecule has 0 radical (unpaired) electrons. The van der Waals surface area contributed by atoms with Crippen LogP contribution in [0.25, 0.3) is 11.0 Å². The van der Waals surface area contributed by atoms with E-state index in [1.54, 1.807) is 6.20 Å². The number of hydrogen-bond donors (Lipinski definition) is 1. The molecule has 0 atom stereocenters. The number of rotatable bonds is 4. The second-order valence-corrected chi connectivity index (χ2v) is 5.43. The molecule has 108 valence electrons. The highest BCUT2D eigenvalue weighted by atomic mass is 32.1.